The second kappa shape index (κ2) is 4.58. The van der Waals surface area contributed by atoms with Crippen LogP contribution >= 0.6 is 11.3 Å². The van der Waals surface area contributed by atoms with Crippen molar-refractivity contribution in [2.75, 3.05) is 11.9 Å². The Kier molecular flexibility index (Phi) is 3.41. The van der Waals surface area contributed by atoms with Gasteiger partial charge in [0.25, 0.3) is 0 Å². The molecule has 0 spiro atoms. The number of nitrogens with one attached hydrogen (secondary N) is 2. The predicted molar refractivity (Wildman–Crippen MR) is 55.7 cm³/mol. The first-order valence-corrected chi connectivity index (χ1v) is 4.53. The third kappa shape index (κ3) is 3.22. The summed E-state index contributed by atoms with van der Waals surface area (Å²) in [6, 6.07) is 0. The summed E-state index contributed by atoms with van der Waals surface area (Å²) in [7, 11) is 0. The Bertz CT molecular complexity index is 316. The van der Waals surface area contributed by atoms with E-state index in [-0.39, 0.29) is 5.96 Å². The number of hydrogen-bond donors (Lipinski definition) is 4. The van der Waals surface area contributed by atoms with Crippen LogP contribution in [0.2, 0.25) is 0 Å². The zero-order valence-corrected chi connectivity index (χ0v) is 7.77. The van der Waals surface area contributed by atoms with Gasteiger partial charge in [0.15, 0.2) is 11.1 Å². The highest BCUT2D eigenvalue weighted by Crippen LogP contribution is 2.15. The number of nitrogens with zero attached hydrogens (tertiary/aromatic N) is 1. The van der Waals surface area contributed by atoms with Gasteiger partial charge < -0.3 is 16.8 Å². The van der Waals surface area contributed by atoms with Crippen molar-refractivity contribution in [3.63, 3.8) is 0 Å². The van der Waals surface area contributed by atoms with Crippen LogP contribution < -0.4 is 16.8 Å². The molecule has 0 aliphatic carbocycles. The Balaban J connectivity index is 2.63. The molecule has 6 heteroatoms. The maximum atomic E-state index is 6.97. The lowest BCUT2D eigenvalue weighted by Gasteiger charge is -1.94. The smallest absolute Gasteiger partial charge is 0.192 e. The highest BCUT2D eigenvalue weighted by Gasteiger charge is 1.98. The van der Waals surface area contributed by atoms with Crippen molar-refractivity contribution in [2.24, 2.45) is 11.5 Å². The maximum absolute atomic E-state index is 6.97. The number of guanidine groups is 1. The summed E-state index contributed by atoms with van der Waals surface area (Å²) in [6.45, 7) is 0.493. The van der Waals surface area contributed by atoms with Crippen LogP contribution in [-0.2, 0) is 0 Å². The molecule has 1 aromatic rings. The van der Waals surface area contributed by atoms with Crippen LogP contribution in [0.1, 0.15) is 5.69 Å². The Morgan fingerprint density at radius 3 is 3.15 bits per heavy atom. The van der Waals surface area contributed by atoms with Crippen molar-refractivity contribution in [1.29, 1.82) is 5.41 Å². The molecular formula is C7H11N5S. The number of anilines is 1. The first-order valence-electron chi connectivity index (χ1n) is 3.65. The second-order valence-corrected chi connectivity index (χ2v) is 3.11. The quantitative estimate of drug-likeness (QED) is 0.416. The summed E-state index contributed by atoms with van der Waals surface area (Å²) >= 11 is 1.39. The highest BCUT2D eigenvalue weighted by molar-refractivity contribution is 7.14. The molecule has 5 nitrogen and oxygen atoms in total. The molecule has 6 N–H and O–H groups in total. The molecule has 13 heavy (non-hydrogen) atoms. The lowest BCUT2D eigenvalue weighted by Crippen LogP contribution is -2.20. The van der Waals surface area contributed by atoms with E-state index in [0.29, 0.717) is 11.7 Å². The number of hydrogen-bond acceptors (Lipinski definition) is 4. The zero-order chi connectivity index (χ0) is 9.68. The Hall–Kier alpha value is -1.40. The third-order valence-electron chi connectivity index (χ3n) is 1.19. The molecule has 0 bridgehead atoms. The van der Waals surface area contributed by atoms with Gasteiger partial charge in [-0.1, -0.05) is 6.08 Å². The van der Waals surface area contributed by atoms with E-state index in [0.717, 1.165) is 5.69 Å². The summed E-state index contributed by atoms with van der Waals surface area (Å²) in [4.78, 5) is 4.13. The highest BCUT2D eigenvalue weighted by atomic mass is 32.1. The molecule has 0 aliphatic heterocycles. The minimum Gasteiger partial charge on any atom is -0.370 e. The fourth-order valence-corrected chi connectivity index (χ4v) is 1.41. The molecule has 1 aromatic heterocycles. The third-order valence-corrected chi connectivity index (χ3v) is 1.96. The molecule has 0 fully saturated rings. The average molecular weight is 197 g/mol. The van der Waals surface area contributed by atoms with E-state index in [9.17, 15) is 0 Å². The van der Waals surface area contributed by atoms with Gasteiger partial charge in [-0.3, -0.25) is 5.41 Å². The number of nitrogens with two attached hydrogens (primary N) is 2. The summed E-state index contributed by atoms with van der Waals surface area (Å²) in [5.74, 6) is -0.108. The van der Waals surface area contributed by atoms with Crippen molar-refractivity contribution in [3.8, 4) is 0 Å². The zero-order valence-electron chi connectivity index (χ0n) is 6.95. The van der Waals surface area contributed by atoms with Crippen LogP contribution in [-0.4, -0.2) is 17.5 Å². The van der Waals surface area contributed by atoms with Gasteiger partial charge in [0.2, 0.25) is 0 Å². The SMILES string of the molecule is N=C(N)Nc1nc(/C=C/CN)cs1. The molecular weight excluding hydrogens is 186 g/mol. The van der Waals surface area contributed by atoms with Crippen molar-refractivity contribution in [2.45, 2.75) is 0 Å². The first-order chi connectivity index (χ1) is 6.22. The van der Waals surface area contributed by atoms with Crippen LogP contribution in [0, 0.1) is 5.41 Å². The van der Waals surface area contributed by atoms with E-state index in [2.05, 4.69) is 10.3 Å². The fraction of sp³-hybridized carbons (Fsp3) is 0.143. The largest absolute Gasteiger partial charge is 0.370 e. The maximum Gasteiger partial charge on any atom is 0.192 e. The van der Waals surface area contributed by atoms with Crippen LogP contribution in [0.5, 0.6) is 0 Å². The van der Waals surface area contributed by atoms with Gasteiger partial charge in [-0.15, -0.1) is 11.3 Å². The summed E-state index contributed by atoms with van der Waals surface area (Å²) in [5, 5.41) is 12.1. The van der Waals surface area contributed by atoms with Gasteiger partial charge in [-0.25, -0.2) is 4.98 Å². The summed E-state index contributed by atoms with van der Waals surface area (Å²) in [6.07, 6.45) is 3.63. The topological polar surface area (TPSA) is 101 Å². The molecule has 70 valence electrons. The number of aromatic nitrogens is 1. The number of rotatable bonds is 3. The van der Waals surface area contributed by atoms with Crippen molar-refractivity contribution >= 4 is 28.5 Å². The second-order valence-electron chi connectivity index (χ2n) is 2.25. The fourth-order valence-electron chi connectivity index (χ4n) is 0.724. The lowest BCUT2D eigenvalue weighted by atomic mass is 10.4. The molecule has 0 unspecified atom stereocenters. The van der Waals surface area contributed by atoms with Crippen molar-refractivity contribution in [3.05, 3.63) is 17.2 Å². The van der Waals surface area contributed by atoms with E-state index in [1.165, 1.54) is 11.3 Å². The van der Waals surface area contributed by atoms with Crippen molar-refractivity contribution in [1.82, 2.24) is 4.98 Å². The summed E-state index contributed by atoms with van der Waals surface area (Å²) in [5.41, 5.74) is 11.2. The molecule has 0 saturated heterocycles. The van der Waals surface area contributed by atoms with Crippen LogP contribution in [0.4, 0.5) is 5.13 Å². The van der Waals surface area contributed by atoms with Gasteiger partial charge in [0.05, 0.1) is 5.69 Å². The minimum absolute atomic E-state index is 0.108. The standard InChI is InChI=1S/C7H11N5S/c8-3-1-2-5-4-13-7(11-5)12-6(9)10/h1-2,4H,3,8H2,(H4,9,10,11,12)/b2-1+. The molecule has 0 aromatic carbocycles. The average Bonchev–Trinajstić information content (AvgIpc) is 2.48. The van der Waals surface area contributed by atoms with E-state index in [1.54, 1.807) is 0 Å². The lowest BCUT2D eigenvalue weighted by molar-refractivity contribution is 1.26. The molecule has 0 saturated carbocycles. The molecule has 0 radical (unpaired) electrons. The van der Waals surface area contributed by atoms with E-state index >= 15 is 0 Å². The van der Waals surface area contributed by atoms with E-state index < -0.39 is 0 Å². The van der Waals surface area contributed by atoms with E-state index in [1.807, 2.05) is 17.5 Å². The first kappa shape index (κ1) is 9.69. The van der Waals surface area contributed by atoms with Gasteiger partial charge >= 0.3 is 0 Å². The number of thiazole rings is 1. The predicted octanol–water partition coefficient (Wildman–Crippen LogP) is 0.420. The Morgan fingerprint density at radius 1 is 1.77 bits per heavy atom. The van der Waals surface area contributed by atoms with E-state index in [4.69, 9.17) is 16.9 Å². The molecule has 1 heterocycles. The summed E-state index contributed by atoms with van der Waals surface area (Å²) < 4.78 is 0. The monoisotopic (exact) mass is 197 g/mol. The molecule has 1 rings (SSSR count). The van der Waals surface area contributed by atoms with Gasteiger partial charge in [0, 0.05) is 11.9 Å². The van der Waals surface area contributed by atoms with Gasteiger partial charge in [-0.05, 0) is 6.08 Å². The minimum atomic E-state index is -0.108. The van der Waals surface area contributed by atoms with Crippen LogP contribution in [0.15, 0.2) is 11.5 Å². The van der Waals surface area contributed by atoms with Crippen LogP contribution in [0.3, 0.4) is 0 Å². The van der Waals surface area contributed by atoms with Crippen LogP contribution in [0.25, 0.3) is 6.08 Å². The molecule has 0 atom stereocenters. The Morgan fingerprint density at radius 2 is 2.54 bits per heavy atom. The molecule has 0 aliphatic rings. The van der Waals surface area contributed by atoms with Crippen molar-refractivity contribution < 1.29 is 0 Å². The van der Waals surface area contributed by atoms with Gasteiger partial charge in [0.1, 0.15) is 0 Å². The van der Waals surface area contributed by atoms with Gasteiger partial charge in [-0.2, -0.15) is 0 Å². The Labute approximate surface area is 80.0 Å². The normalized spacial score (nSPS) is 10.5. The molecule has 0 amide bonds.